The minimum Gasteiger partial charge on any atom is -0.258 e. The van der Waals surface area contributed by atoms with Crippen LogP contribution < -0.4 is 9.66 Å². The average molecular weight is 561 g/mol. The van der Waals surface area contributed by atoms with E-state index in [4.69, 9.17) is 0 Å². The van der Waals surface area contributed by atoms with Crippen LogP contribution in [0.3, 0.4) is 0 Å². The molecule has 0 saturated heterocycles. The SMILES string of the molecule is Cc1ccc(S(=O)(=O)N/N=C\c2ccc(/C=N/NS(=O)(=O)c3ccc(C)c([N+](=O)[O-])c3)cc2)cc1[N+](=O)[O-]. The summed E-state index contributed by atoms with van der Waals surface area (Å²) >= 11 is 0. The number of nitro benzene ring substituents is 2. The van der Waals surface area contributed by atoms with Crippen molar-refractivity contribution in [1.82, 2.24) is 9.66 Å². The zero-order valence-electron chi connectivity index (χ0n) is 19.8. The van der Waals surface area contributed by atoms with Gasteiger partial charge >= 0.3 is 0 Å². The molecule has 0 aliphatic heterocycles. The molecule has 0 aliphatic carbocycles. The summed E-state index contributed by atoms with van der Waals surface area (Å²) in [6, 6.07) is 13.2. The second-order valence-corrected chi connectivity index (χ2v) is 11.1. The molecule has 198 valence electrons. The molecule has 14 nitrogen and oxygen atoms in total. The van der Waals surface area contributed by atoms with Crippen molar-refractivity contribution in [3.63, 3.8) is 0 Å². The molecule has 0 saturated carbocycles. The van der Waals surface area contributed by atoms with Gasteiger partial charge in [0.05, 0.1) is 32.1 Å². The summed E-state index contributed by atoms with van der Waals surface area (Å²) < 4.78 is 49.5. The van der Waals surface area contributed by atoms with Crippen LogP contribution in [-0.4, -0.2) is 39.1 Å². The van der Waals surface area contributed by atoms with E-state index in [1.165, 1.54) is 50.5 Å². The Hall–Kier alpha value is -4.70. The summed E-state index contributed by atoms with van der Waals surface area (Å²) in [6.45, 7) is 2.98. The lowest BCUT2D eigenvalue weighted by Gasteiger charge is -2.05. The van der Waals surface area contributed by atoms with Crippen molar-refractivity contribution in [2.75, 3.05) is 0 Å². The van der Waals surface area contributed by atoms with Crippen LogP contribution in [0.15, 0.2) is 80.7 Å². The fourth-order valence-electron chi connectivity index (χ4n) is 3.02. The van der Waals surface area contributed by atoms with E-state index in [0.717, 1.165) is 12.1 Å². The highest BCUT2D eigenvalue weighted by Gasteiger charge is 2.20. The van der Waals surface area contributed by atoms with Crippen molar-refractivity contribution >= 4 is 43.9 Å². The lowest BCUT2D eigenvalue weighted by Crippen LogP contribution is -2.18. The molecule has 3 aromatic rings. The zero-order valence-corrected chi connectivity index (χ0v) is 21.4. The summed E-state index contributed by atoms with van der Waals surface area (Å²) in [4.78, 5) is 24.1. The third kappa shape index (κ3) is 6.74. The highest BCUT2D eigenvalue weighted by Crippen LogP contribution is 2.23. The number of hydrogen-bond donors (Lipinski definition) is 2. The Morgan fingerprint density at radius 2 is 1.00 bits per heavy atom. The molecule has 0 aromatic heterocycles. The lowest BCUT2D eigenvalue weighted by atomic mass is 10.2. The highest BCUT2D eigenvalue weighted by atomic mass is 32.2. The van der Waals surface area contributed by atoms with Gasteiger partial charge in [-0.1, -0.05) is 36.4 Å². The minimum absolute atomic E-state index is 0.313. The van der Waals surface area contributed by atoms with E-state index >= 15 is 0 Å². The first-order valence-corrected chi connectivity index (χ1v) is 13.5. The lowest BCUT2D eigenvalue weighted by molar-refractivity contribution is -0.385. The fourth-order valence-corrected chi connectivity index (χ4v) is 4.64. The van der Waals surface area contributed by atoms with E-state index in [-0.39, 0.29) is 21.2 Å². The monoisotopic (exact) mass is 560 g/mol. The van der Waals surface area contributed by atoms with Gasteiger partial charge < -0.3 is 0 Å². The van der Waals surface area contributed by atoms with Gasteiger partial charge in [0.15, 0.2) is 0 Å². The Labute approximate surface area is 217 Å². The molecule has 0 radical (unpaired) electrons. The number of hydrogen-bond acceptors (Lipinski definition) is 10. The first-order valence-electron chi connectivity index (χ1n) is 10.5. The summed E-state index contributed by atoms with van der Waals surface area (Å²) in [7, 11) is -8.29. The number of rotatable bonds is 10. The van der Waals surface area contributed by atoms with E-state index in [0.29, 0.717) is 22.3 Å². The van der Waals surface area contributed by atoms with E-state index in [2.05, 4.69) is 10.2 Å². The van der Waals surface area contributed by atoms with Crippen molar-refractivity contribution in [2.45, 2.75) is 23.6 Å². The predicted molar refractivity (Wildman–Crippen MR) is 138 cm³/mol. The summed E-state index contributed by atoms with van der Waals surface area (Å²) in [5, 5.41) is 29.4. The van der Waals surface area contributed by atoms with Crippen molar-refractivity contribution in [3.8, 4) is 0 Å². The molecule has 0 fully saturated rings. The van der Waals surface area contributed by atoms with Crippen molar-refractivity contribution < 1.29 is 26.7 Å². The maximum Gasteiger partial charge on any atom is 0.276 e. The largest absolute Gasteiger partial charge is 0.276 e. The van der Waals surface area contributed by atoms with Crippen LogP contribution in [-0.2, 0) is 20.0 Å². The number of nitrogens with zero attached hydrogens (tertiary/aromatic N) is 4. The Morgan fingerprint density at radius 1 is 0.658 bits per heavy atom. The van der Waals surface area contributed by atoms with Crippen LogP contribution in [0.2, 0.25) is 0 Å². The summed E-state index contributed by atoms with van der Waals surface area (Å²) in [6.07, 6.45) is 2.40. The molecule has 3 rings (SSSR count). The fraction of sp³-hybridized carbons (Fsp3) is 0.0909. The maximum absolute atomic E-state index is 12.4. The number of hydrazone groups is 2. The van der Waals surface area contributed by atoms with Gasteiger partial charge in [0, 0.05) is 23.3 Å². The standard InChI is InChI=1S/C22H20N6O8S2/c1-15-3-9-19(11-21(15)27(29)30)37(33,34)25-23-13-17-5-7-18(8-6-17)14-24-26-38(35,36)20-10-4-16(2)22(12-20)28(31)32/h3-14,25-26H,1-2H3/b23-13-,24-14+. The minimum atomic E-state index is -4.15. The molecule has 0 aliphatic rings. The number of benzene rings is 3. The molecule has 3 aromatic carbocycles. The zero-order chi connectivity index (χ0) is 28.1. The van der Waals surface area contributed by atoms with Crippen LogP contribution in [0.25, 0.3) is 0 Å². The first-order chi connectivity index (χ1) is 17.8. The van der Waals surface area contributed by atoms with Crippen molar-refractivity contribution in [2.24, 2.45) is 10.2 Å². The Kier molecular flexibility index (Phi) is 8.17. The quantitative estimate of drug-likeness (QED) is 0.214. The molecule has 16 heteroatoms. The van der Waals surface area contributed by atoms with Crippen molar-refractivity contribution in [3.05, 3.63) is 103 Å². The molecule has 0 spiro atoms. The molecule has 38 heavy (non-hydrogen) atoms. The van der Waals surface area contributed by atoms with E-state index in [9.17, 15) is 37.1 Å². The summed E-state index contributed by atoms with van der Waals surface area (Å²) in [5.74, 6) is 0. The molecule has 0 unspecified atom stereocenters. The van der Waals surface area contributed by atoms with Gasteiger partial charge in [-0.25, -0.2) is 9.66 Å². The van der Waals surface area contributed by atoms with Gasteiger partial charge in [0.2, 0.25) is 0 Å². The highest BCUT2D eigenvalue weighted by molar-refractivity contribution is 7.89. The Balaban J connectivity index is 1.64. The topological polar surface area (TPSA) is 203 Å². The molecule has 0 atom stereocenters. The van der Waals surface area contributed by atoms with E-state index < -0.39 is 29.9 Å². The van der Waals surface area contributed by atoms with Crippen molar-refractivity contribution in [1.29, 1.82) is 0 Å². The summed E-state index contributed by atoms with van der Waals surface area (Å²) in [5.41, 5.74) is 0.911. The third-order valence-corrected chi connectivity index (χ3v) is 7.53. The molecule has 0 amide bonds. The Bertz CT molecular complexity index is 1540. The van der Waals surface area contributed by atoms with E-state index in [1.807, 2.05) is 9.66 Å². The normalized spacial score (nSPS) is 12.1. The number of nitrogens with one attached hydrogen (secondary N) is 2. The number of sulfonamides is 2. The third-order valence-electron chi connectivity index (χ3n) is 5.08. The van der Waals surface area contributed by atoms with Crippen LogP contribution in [0.1, 0.15) is 22.3 Å². The second-order valence-electron chi connectivity index (χ2n) is 7.78. The van der Waals surface area contributed by atoms with Gasteiger partial charge in [-0.2, -0.15) is 27.0 Å². The maximum atomic E-state index is 12.4. The average Bonchev–Trinajstić information content (AvgIpc) is 2.84. The number of nitro groups is 2. The smallest absolute Gasteiger partial charge is 0.258 e. The van der Waals surface area contributed by atoms with Gasteiger partial charge in [-0.15, -0.1) is 0 Å². The molecule has 2 N–H and O–H groups in total. The van der Waals surface area contributed by atoms with Crippen LogP contribution in [0.5, 0.6) is 0 Å². The molecular weight excluding hydrogens is 540 g/mol. The predicted octanol–water partition coefficient (Wildman–Crippen LogP) is 2.74. The molecule has 0 heterocycles. The molecule has 0 bridgehead atoms. The van der Waals surface area contributed by atoms with Crippen LogP contribution in [0.4, 0.5) is 11.4 Å². The number of aryl methyl sites for hydroxylation is 2. The Morgan fingerprint density at radius 3 is 1.32 bits per heavy atom. The van der Waals surface area contributed by atoms with Crippen LogP contribution in [0, 0.1) is 34.1 Å². The van der Waals surface area contributed by atoms with E-state index in [1.54, 1.807) is 24.3 Å². The first kappa shape index (κ1) is 27.9. The van der Waals surface area contributed by atoms with Gasteiger partial charge in [-0.05, 0) is 37.1 Å². The second kappa shape index (κ2) is 11.1. The molecular formula is C22H20N6O8S2. The van der Waals surface area contributed by atoms with Gasteiger partial charge in [0.25, 0.3) is 31.4 Å². The van der Waals surface area contributed by atoms with Gasteiger partial charge in [-0.3, -0.25) is 20.2 Å². The van der Waals surface area contributed by atoms with Gasteiger partial charge in [0.1, 0.15) is 0 Å². The van der Waals surface area contributed by atoms with Crippen LogP contribution >= 0.6 is 0 Å².